The zero-order valence-corrected chi connectivity index (χ0v) is 24.0. The van der Waals surface area contributed by atoms with E-state index in [1.165, 1.54) is 44.9 Å². The standard InChI is InChI=1S/C35H31N3OS/c1-21-11-10-12-22(2)32(21)37-23(3)19-27(24(37)4)20-30-34(39)38-33(26-14-6-5-7-15-26)29-18-17-25-13-8-9-16-28(25)31(29)36-35(38)40-30/h5-16,19-20,33H,17-18H2,1-4H3/b30-20-/t33-/m1/s1. The van der Waals surface area contributed by atoms with Gasteiger partial charge in [-0.2, -0.15) is 0 Å². The van der Waals surface area contributed by atoms with Crippen molar-refractivity contribution in [2.75, 3.05) is 0 Å². The molecule has 198 valence electrons. The Morgan fingerprint density at radius 2 is 1.60 bits per heavy atom. The van der Waals surface area contributed by atoms with E-state index < -0.39 is 0 Å². The van der Waals surface area contributed by atoms with Gasteiger partial charge in [-0.1, -0.05) is 84.1 Å². The third-order valence-corrected chi connectivity index (χ3v) is 9.39. The summed E-state index contributed by atoms with van der Waals surface area (Å²) in [6.07, 6.45) is 3.92. The van der Waals surface area contributed by atoms with E-state index in [0.717, 1.165) is 50.4 Å². The van der Waals surface area contributed by atoms with Crippen molar-refractivity contribution >= 4 is 23.1 Å². The summed E-state index contributed by atoms with van der Waals surface area (Å²) in [5.74, 6) is 0. The van der Waals surface area contributed by atoms with Gasteiger partial charge in [0.1, 0.15) is 0 Å². The summed E-state index contributed by atoms with van der Waals surface area (Å²) < 4.78 is 4.97. The van der Waals surface area contributed by atoms with Gasteiger partial charge in [-0.3, -0.25) is 9.36 Å². The average molecular weight is 542 g/mol. The zero-order valence-electron chi connectivity index (χ0n) is 23.2. The molecule has 1 aliphatic carbocycles. The molecule has 2 aromatic heterocycles. The van der Waals surface area contributed by atoms with Crippen LogP contribution in [0.2, 0.25) is 0 Å². The number of aryl methyl sites for hydroxylation is 4. The first-order valence-electron chi connectivity index (χ1n) is 13.9. The molecule has 0 unspecified atom stereocenters. The third kappa shape index (κ3) is 3.80. The molecule has 1 aliphatic heterocycles. The number of allylic oxidation sites excluding steroid dienone is 1. The lowest BCUT2D eigenvalue weighted by atomic mass is 9.83. The molecular weight excluding hydrogens is 510 g/mol. The first-order chi connectivity index (χ1) is 19.4. The van der Waals surface area contributed by atoms with Crippen molar-refractivity contribution in [1.29, 1.82) is 0 Å². The van der Waals surface area contributed by atoms with Crippen LogP contribution in [0.15, 0.2) is 94.2 Å². The highest BCUT2D eigenvalue weighted by molar-refractivity contribution is 7.07. The van der Waals surface area contributed by atoms with Crippen molar-refractivity contribution in [3.63, 3.8) is 0 Å². The van der Waals surface area contributed by atoms with E-state index in [1.54, 1.807) is 0 Å². The van der Waals surface area contributed by atoms with E-state index in [-0.39, 0.29) is 11.6 Å². The fraction of sp³-hybridized carbons (Fsp3) is 0.200. The van der Waals surface area contributed by atoms with Crippen LogP contribution in [0.1, 0.15) is 57.2 Å². The second-order valence-electron chi connectivity index (χ2n) is 10.9. The van der Waals surface area contributed by atoms with E-state index in [2.05, 4.69) is 111 Å². The van der Waals surface area contributed by atoms with Crippen LogP contribution in [0, 0.1) is 27.7 Å². The molecule has 5 heteroatoms. The largest absolute Gasteiger partial charge is 0.317 e. The van der Waals surface area contributed by atoms with Gasteiger partial charge in [-0.25, -0.2) is 4.99 Å². The van der Waals surface area contributed by atoms with Crippen molar-refractivity contribution in [3.8, 4) is 5.69 Å². The molecule has 5 aromatic rings. The van der Waals surface area contributed by atoms with E-state index in [0.29, 0.717) is 0 Å². The maximum Gasteiger partial charge on any atom is 0.271 e. The number of para-hydroxylation sites is 1. The Labute approximate surface area is 237 Å². The van der Waals surface area contributed by atoms with Crippen molar-refractivity contribution in [2.45, 2.75) is 46.6 Å². The van der Waals surface area contributed by atoms with Gasteiger partial charge in [0.2, 0.25) is 0 Å². The molecule has 0 amide bonds. The number of aromatic nitrogens is 2. The minimum absolute atomic E-state index is 0.0277. The van der Waals surface area contributed by atoms with Crippen LogP contribution in [-0.2, 0) is 6.42 Å². The summed E-state index contributed by atoms with van der Waals surface area (Å²) in [5.41, 5.74) is 13.0. The minimum Gasteiger partial charge on any atom is -0.317 e. The number of hydrogen-bond acceptors (Lipinski definition) is 3. The summed E-state index contributed by atoms with van der Waals surface area (Å²) >= 11 is 1.50. The van der Waals surface area contributed by atoms with Gasteiger partial charge in [0.05, 0.1) is 22.0 Å². The van der Waals surface area contributed by atoms with Gasteiger partial charge in [0.25, 0.3) is 5.56 Å². The highest BCUT2D eigenvalue weighted by Gasteiger charge is 2.32. The summed E-state index contributed by atoms with van der Waals surface area (Å²) in [6.45, 7) is 8.59. The van der Waals surface area contributed by atoms with Crippen LogP contribution >= 0.6 is 11.3 Å². The Bertz CT molecular complexity index is 2000. The Morgan fingerprint density at radius 3 is 2.38 bits per heavy atom. The molecular formula is C35H31N3OS. The van der Waals surface area contributed by atoms with Gasteiger partial charge >= 0.3 is 0 Å². The van der Waals surface area contributed by atoms with Crippen LogP contribution in [0.4, 0.5) is 0 Å². The quantitative estimate of drug-likeness (QED) is 0.263. The van der Waals surface area contributed by atoms with Crippen LogP contribution < -0.4 is 14.9 Å². The molecule has 4 nitrogen and oxygen atoms in total. The number of hydrogen-bond donors (Lipinski definition) is 0. The normalized spacial score (nSPS) is 16.4. The molecule has 3 heterocycles. The summed E-state index contributed by atoms with van der Waals surface area (Å²) in [6, 6.07) is 27.4. The van der Waals surface area contributed by atoms with Crippen molar-refractivity contribution < 1.29 is 0 Å². The molecule has 3 aromatic carbocycles. The summed E-state index contributed by atoms with van der Waals surface area (Å²) in [7, 11) is 0. The molecule has 0 radical (unpaired) electrons. The molecule has 0 spiro atoms. The van der Waals surface area contributed by atoms with Crippen molar-refractivity contribution in [1.82, 2.24) is 9.13 Å². The smallest absolute Gasteiger partial charge is 0.271 e. The Balaban J connectivity index is 1.45. The number of nitrogens with zero attached hydrogens (tertiary/aromatic N) is 3. The van der Waals surface area contributed by atoms with Crippen molar-refractivity contribution in [3.05, 3.63) is 149 Å². The zero-order chi connectivity index (χ0) is 27.5. The maximum atomic E-state index is 14.2. The number of fused-ring (bicyclic) bond motifs is 3. The average Bonchev–Trinajstić information content (AvgIpc) is 3.42. The maximum absolute atomic E-state index is 14.2. The Morgan fingerprint density at radius 1 is 0.875 bits per heavy atom. The molecule has 0 fully saturated rings. The lowest BCUT2D eigenvalue weighted by molar-refractivity contribution is 0.585. The fourth-order valence-corrected chi connectivity index (χ4v) is 7.53. The van der Waals surface area contributed by atoms with Crippen molar-refractivity contribution in [2.24, 2.45) is 4.99 Å². The van der Waals surface area contributed by atoms with Crippen LogP contribution in [0.5, 0.6) is 0 Å². The van der Waals surface area contributed by atoms with E-state index in [4.69, 9.17) is 4.99 Å². The fourth-order valence-electron chi connectivity index (χ4n) is 6.54. The van der Waals surface area contributed by atoms with Gasteiger partial charge in [-0.05, 0) is 86.1 Å². The first-order valence-corrected chi connectivity index (χ1v) is 14.7. The Kier molecular flexibility index (Phi) is 5.86. The van der Waals surface area contributed by atoms with Crippen LogP contribution in [-0.4, -0.2) is 9.13 Å². The lowest BCUT2D eigenvalue weighted by Gasteiger charge is -2.30. The second kappa shape index (κ2) is 9.46. The highest BCUT2D eigenvalue weighted by Crippen LogP contribution is 2.41. The van der Waals surface area contributed by atoms with E-state index >= 15 is 0 Å². The van der Waals surface area contributed by atoms with Crippen LogP contribution in [0.3, 0.4) is 0 Å². The molecule has 0 bridgehead atoms. The summed E-state index contributed by atoms with van der Waals surface area (Å²) in [5, 5.41) is 0. The van der Waals surface area contributed by atoms with Gasteiger partial charge < -0.3 is 4.57 Å². The monoisotopic (exact) mass is 541 g/mol. The molecule has 0 saturated heterocycles. The highest BCUT2D eigenvalue weighted by atomic mass is 32.1. The van der Waals surface area contributed by atoms with E-state index in [1.807, 2.05) is 10.6 Å². The molecule has 40 heavy (non-hydrogen) atoms. The van der Waals surface area contributed by atoms with E-state index in [9.17, 15) is 4.79 Å². The number of thiazole rings is 1. The first kappa shape index (κ1) is 24.8. The molecule has 0 N–H and O–H groups in total. The topological polar surface area (TPSA) is 39.3 Å². The SMILES string of the molecule is Cc1cccc(C)c1-n1c(C)cc(/C=c2\sc3n(c2=O)[C@H](c2ccccc2)C2=C(N=3)c3ccccc3CC2)c1C. The van der Waals surface area contributed by atoms with Gasteiger partial charge in [-0.15, -0.1) is 0 Å². The van der Waals surface area contributed by atoms with Gasteiger partial charge in [0.15, 0.2) is 4.80 Å². The molecule has 7 rings (SSSR count). The van der Waals surface area contributed by atoms with Crippen LogP contribution in [0.25, 0.3) is 17.5 Å². The number of rotatable bonds is 3. The predicted octanol–water partition coefficient (Wildman–Crippen LogP) is 6.34. The number of benzene rings is 3. The predicted molar refractivity (Wildman–Crippen MR) is 164 cm³/mol. The van der Waals surface area contributed by atoms with Gasteiger partial charge in [0, 0.05) is 17.0 Å². The molecule has 0 saturated carbocycles. The molecule has 1 atom stereocenters. The molecule has 2 aliphatic rings. The lowest BCUT2D eigenvalue weighted by Crippen LogP contribution is -2.38. The summed E-state index contributed by atoms with van der Waals surface area (Å²) in [4.78, 5) is 20.1. The second-order valence-corrected chi connectivity index (χ2v) is 11.9. The third-order valence-electron chi connectivity index (χ3n) is 8.41. The minimum atomic E-state index is -0.148. The Hall–Kier alpha value is -4.22.